The van der Waals surface area contributed by atoms with Crippen LogP contribution >= 0.6 is 0 Å². The van der Waals surface area contributed by atoms with Gasteiger partial charge in [-0.25, -0.2) is 0 Å². The van der Waals surface area contributed by atoms with Gasteiger partial charge in [0.15, 0.2) is 0 Å². The van der Waals surface area contributed by atoms with Gasteiger partial charge in [0, 0.05) is 25.3 Å². The first-order chi connectivity index (χ1) is 11.2. The minimum Gasteiger partial charge on any atom is -0.497 e. The molecule has 3 rings (SSSR count). The largest absolute Gasteiger partial charge is 0.497 e. The van der Waals surface area contributed by atoms with Gasteiger partial charge in [-0.1, -0.05) is 0 Å². The Bertz CT molecular complexity index is 556. The predicted molar refractivity (Wildman–Crippen MR) is 87.1 cm³/mol. The van der Waals surface area contributed by atoms with E-state index in [0.717, 1.165) is 6.42 Å². The number of rotatable bonds is 5. The first kappa shape index (κ1) is 16.1. The summed E-state index contributed by atoms with van der Waals surface area (Å²) in [6.07, 6.45) is 3.29. The summed E-state index contributed by atoms with van der Waals surface area (Å²) in [5.41, 5.74) is 0.611. The number of ether oxygens (including phenoxy) is 3. The van der Waals surface area contributed by atoms with E-state index in [0.29, 0.717) is 49.3 Å². The van der Waals surface area contributed by atoms with E-state index in [1.54, 1.807) is 7.11 Å². The van der Waals surface area contributed by atoms with Crippen LogP contribution in [0.25, 0.3) is 0 Å². The second kappa shape index (κ2) is 7.21. The summed E-state index contributed by atoms with van der Waals surface area (Å²) >= 11 is 0. The molecule has 0 aromatic heterocycles. The third-order valence-electron chi connectivity index (χ3n) is 4.54. The molecule has 0 spiro atoms. The number of methoxy groups -OCH3 is 1. The zero-order valence-corrected chi connectivity index (χ0v) is 13.9. The molecule has 2 aliphatic rings. The lowest BCUT2D eigenvalue weighted by Gasteiger charge is -2.27. The fourth-order valence-corrected chi connectivity index (χ4v) is 2.77. The second-order valence-corrected chi connectivity index (χ2v) is 6.37. The van der Waals surface area contributed by atoms with E-state index in [-0.39, 0.29) is 11.9 Å². The Morgan fingerprint density at radius 2 is 2.13 bits per heavy atom. The number of carbonyl (C=O) groups excluding carboxylic acids is 1. The van der Waals surface area contributed by atoms with Crippen molar-refractivity contribution in [2.24, 2.45) is 5.92 Å². The topological polar surface area (TPSA) is 48.0 Å². The number of benzene rings is 1. The molecule has 1 heterocycles. The van der Waals surface area contributed by atoms with E-state index in [4.69, 9.17) is 14.2 Å². The Balaban J connectivity index is 1.81. The summed E-state index contributed by atoms with van der Waals surface area (Å²) in [6, 6.07) is 5.61. The molecule has 126 valence electrons. The van der Waals surface area contributed by atoms with Crippen LogP contribution in [0.15, 0.2) is 18.2 Å². The van der Waals surface area contributed by atoms with Crippen LogP contribution in [0.2, 0.25) is 0 Å². The van der Waals surface area contributed by atoms with E-state index >= 15 is 0 Å². The highest BCUT2D eigenvalue weighted by Gasteiger charge is 2.27. The molecule has 1 aliphatic heterocycles. The van der Waals surface area contributed by atoms with Crippen LogP contribution in [-0.4, -0.2) is 50.3 Å². The van der Waals surface area contributed by atoms with Gasteiger partial charge in [-0.05, 0) is 44.2 Å². The molecular formula is C18H25NO4. The van der Waals surface area contributed by atoms with Gasteiger partial charge in [-0.2, -0.15) is 0 Å². The summed E-state index contributed by atoms with van der Waals surface area (Å²) in [7, 11) is 1.62. The van der Waals surface area contributed by atoms with Crippen LogP contribution in [-0.2, 0) is 4.74 Å². The molecule has 1 atom stereocenters. The lowest BCUT2D eigenvalue weighted by atomic mass is 10.1. The van der Waals surface area contributed by atoms with Crippen molar-refractivity contribution in [1.29, 1.82) is 0 Å². The Labute approximate surface area is 137 Å². The van der Waals surface area contributed by atoms with Gasteiger partial charge in [-0.15, -0.1) is 0 Å². The molecule has 1 saturated heterocycles. The molecule has 1 aromatic carbocycles. The molecule has 2 fully saturated rings. The third-order valence-corrected chi connectivity index (χ3v) is 4.54. The van der Waals surface area contributed by atoms with Crippen LogP contribution in [0.1, 0.15) is 36.5 Å². The van der Waals surface area contributed by atoms with Gasteiger partial charge in [-0.3, -0.25) is 4.79 Å². The van der Waals surface area contributed by atoms with Crippen LogP contribution in [0.5, 0.6) is 11.5 Å². The highest BCUT2D eigenvalue weighted by molar-refractivity contribution is 5.97. The quantitative estimate of drug-likeness (QED) is 0.837. The van der Waals surface area contributed by atoms with Crippen molar-refractivity contribution in [2.75, 3.05) is 33.5 Å². The smallest absolute Gasteiger partial charge is 0.257 e. The molecule has 0 bridgehead atoms. The van der Waals surface area contributed by atoms with Crippen molar-refractivity contribution in [2.45, 2.75) is 32.2 Å². The summed E-state index contributed by atoms with van der Waals surface area (Å²) in [6.45, 7) is 4.66. The zero-order chi connectivity index (χ0) is 16.2. The van der Waals surface area contributed by atoms with Crippen LogP contribution in [0, 0.1) is 5.92 Å². The van der Waals surface area contributed by atoms with Crippen molar-refractivity contribution >= 4 is 5.91 Å². The van der Waals surface area contributed by atoms with E-state index in [9.17, 15) is 4.79 Å². The van der Waals surface area contributed by atoms with Crippen molar-refractivity contribution in [3.05, 3.63) is 23.8 Å². The zero-order valence-electron chi connectivity index (χ0n) is 13.9. The lowest BCUT2D eigenvalue weighted by molar-refractivity contribution is 0.0682. The Morgan fingerprint density at radius 1 is 1.30 bits per heavy atom. The Hall–Kier alpha value is -1.75. The number of hydrogen-bond acceptors (Lipinski definition) is 4. The monoisotopic (exact) mass is 319 g/mol. The molecule has 1 aromatic rings. The van der Waals surface area contributed by atoms with Gasteiger partial charge >= 0.3 is 0 Å². The van der Waals surface area contributed by atoms with E-state index in [2.05, 4.69) is 6.92 Å². The molecule has 23 heavy (non-hydrogen) atoms. The average Bonchev–Trinajstić information content (AvgIpc) is 3.40. The first-order valence-electron chi connectivity index (χ1n) is 8.38. The Morgan fingerprint density at radius 3 is 2.87 bits per heavy atom. The number of nitrogens with zero attached hydrogens (tertiary/aromatic N) is 1. The number of carbonyl (C=O) groups is 1. The average molecular weight is 319 g/mol. The van der Waals surface area contributed by atoms with Gasteiger partial charge in [0.1, 0.15) is 11.5 Å². The summed E-state index contributed by atoms with van der Waals surface area (Å²) < 4.78 is 16.7. The number of amides is 1. The maximum absolute atomic E-state index is 13.0. The maximum atomic E-state index is 13.0. The highest BCUT2D eigenvalue weighted by Crippen LogP contribution is 2.32. The van der Waals surface area contributed by atoms with Crippen LogP contribution < -0.4 is 9.47 Å². The van der Waals surface area contributed by atoms with Crippen LogP contribution in [0.4, 0.5) is 0 Å². The van der Waals surface area contributed by atoms with Crippen molar-refractivity contribution in [3.63, 3.8) is 0 Å². The fraction of sp³-hybridized carbons (Fsp3) is 0.611. The molecular weight excluding hydrogens is 294 g/mol. The fourth-order valence-electron chi connectivity index (χ4n) is 2.77. The number of hydrogen-bond donors (Lipinski definition) is 0. The molecule has 0 radical (unpaired) electrons. The Kier molecular flexibility index (Phi) is 5.06. The van der Waals surface area contributed by atoms with Crippen LogP contribution in [0.3, 0.4) is 0 Å². The lowest BCUT2D eigenvalue weighted by Crippen LogP contribution is -2.39. The normalized spacial score (nSPS) is 21.7. The van der Waals surface area contributed by atoms with E-state index < -0.39 is 0 Å². The minimum absolute atomic E-state index is 0.0106. The molecule has 1 saturated carbocycles. The molecule has 1 amide bonds. The van der Waals surface area contributed by atoms with Gasteiger partial charge < -0.3 is 19.1 Å². The van der Waals surface area contributed by atoms with Gasteiger partial charge in [0.05, 0.1) is 25.9 Å². The maximum Gasteiger partial charge on any atom is 0.257 e. The molecule has 5 heteroatoms. The first-order valence-corrected chi connectivity index (χ1v) is 8.38. The molecule has 1 unspecified atom stereocenters. The van der Waals surface area contributed by atoms with E-state index in [1.165, 1.54) is 12.8 Å². The van der Waals surface area contributed by atoms with Crippen molar-refractivity contribution in [1.82, 2.24) is 4.90 Å². The van der Waals surface area contributed by atoms with Gasteiger partial charge in [0.25, 0.3) is 5.91 Å². The molecule has 0 N–H and O–H groups in total. The summed E-state index contributed by atoms with van der Waals surface area (Å²) in [5.74, 6) is 1.98. The molecule has 1 aliphatic carbocycles. The standard InChI is InChI=1S/C18H25NO4/c1-13-7-9-22-10-8-19(13)18(20)16-6-5-15(21-2)11-17(16)23-12-14-3-4-14/h5-6,11,13-14H,3-4,7-10,12H2,1-2H3. The summed E-state index contributed by atoms with van der Waals surface area (Å²) in [4.78, 5) is 14.9. The second-order valence-electron chi connectivity index (χ2n) is 6.37. The summed E-state index contributed by atoms with van der Waals surface area (Å²) in [5, 5.41) is 0. The van der Waals surface area contributed by atoms with Gasteiger partial charge in [0.2, 0.25) is 0 Å². The SMILES string of the molecule is COc1ccc(C(=O)N2CCOCCC2C)c(OCC2CC2)c1. The predicted octanol–water partition coefficient (Wildman–Crippen LogP) is 2.74. The third kappa shape index (κ3) is 3.96. The van der Waals surface area contributed by atoms with E-state index in [1.807, 2.05) is 23.1 Å². The highest BCUT2D eigenvalue weighted by atomic mass is 16.5. The van der Waals surface area contributed by atoms with Crippen molar-refractivity contribution < 1.29 is 19.0 Å². The molecule has 5 nitrogen and oxygen atoms in total. The van der Waals surface area contributed by atoms with Crippen molar-refractivity contribution in [3.8, 4) is 11.5 Å². The minimum atomic E-state index is 0.0106.